The van der Waals surface area contributed by atoms with Gasteiger partial charge in [-0.15, -0.1) is 5.10 Å². The topological polar surface area (TPSA) is 115 Å². The van der Waals surface area contributed by atoms with Crippen LogP contribution in [-0.2, 0) is 0 Å². The monoisotopic (exact) mass is 311 g/mol. The Bertz CT molecular complexity index is 656. The van der Waals surface area contributed by atoms with Crippen LogP contribution in [0.2, 0.25) is 0 Å². The van der Waals surface area contributed by atoms with Gasteiger partial charge in [-0.1, -0.05) is 11.8 Å². The molecule has 0 saturated heterocycles. The number of rotatable bonds is 5. The molecule has 10 heteroatoms. The first-order valence-electron chi connectivity index (χ1n) is 5.95. The molecule has 0 aliphatic heterocycles. The fourth-order valence-corrected chi connectivity index (χ4v) is 3.08. The SMILES string of the molecule is CSc1nc(NN)cc(Sc2n[nH]c(=O)n2C2CC2)n1. The van der Waals surface area contributed by atoms with E-state index >= 15 is 0 Å². The molecule has 0 spiro atoms. The van der Waals surface area contributed by atoms with Crippen LogP contribution in [0.1, 0.15) is 18.9 Å². The molecule has 0 aromatic carbocycles. The van der Waals surface area contributed by atoms with E-state index in [-0.39, 0.29) is 11.7 Å². The van der Waals surface area contributed by atoms with Gasteiger partial charge in [0.15, 0.2) is 10.3 Å². The number of hydrazine groups is 1. The molecule has 0 amide bonds. The average molecular weight is 311 g/mol. The summed E-state index contributed by atoms with van der Waals surface area (Å²) in [6, 6.07) is 1.98. The minimum Gasteiger partial charge on any atom is -0.308 e. The van der Waals surface area contributed by atoms with Gasteiger partial charge in [0.25, 0.3) is 0 Å². The quantitative estimate of drug-likeness (QED) is 0.245. The first kappa shape index (κ1) is 13.5. The maximum atomic E-state index is 11.7. The van der Waals surface area contributed by atoms with Crippen molar-refractivity contribution < 1.29 is 0 Å². The Balaban J connectivity index is 1.93. The third-order valence-corrected chi connectivity index (χ3v) is 4.23. The molecule has 20 heavy (non-hydrogen) atoms. The lowest BCUT2D eigenvalue weighted by atomic mass is 10.6. The highest BCUT2D eigenvalue weighted by atomic mass is 32.2. The van der Waals surface area contributed by atoms with Crippen LogP contribution in [0.3, 0.4) is 0 Å². The van der Waals surface area contributed by atoms with E-state index in [2.05, 4.69) is 25.6 Å². The van der Waals surface area contributed by atoms with Crippen molar-refractivity contribution in [2.45, 2.75) is 34.2 Å². The molecule has 1 fully saturated rings. The van der Waals surface area contributed by atoms with Gasteiger partial charge in [-0.05, 0) is 30.9 Å². The van der Waals surface area contributed by atoms with E-state index in [9.17, 15) is 4.79 Å². The first-order chi connectivity index (χ1) is 9.71. The zero-order valence-electron chi connectivity index (χ0n) is 10.7. The van der Waals surface area contributed by atoms with Gasteiger partial charge in [-0.25, -0.2) is 25.7 Å². The van der Waals surface area contributed by atoms with Gasteiger partial charge < -0.3 is 5.43 Å². The molecular formula is C10H13N7OS2. The summed E-state index contributed by atoms with van der Waals surface area (Å²) in [5.41, 5.74) is 2.33. The Hall–Kier alpha value is -1.52. The summed E-state index contributed by atoms with van der Waals surface area (Å²) in [7, 11) is 0. The van der Waals surface area contributed by atoms with Crippen molar-refractivity contribution in [2.24, 2.45) is 5.84 Å². The van der Waals surface area contributed by atoms with E-state index in [4.69, 9.17) is 5.84 Å². The molecule has 1 aliphatic carbocycles. The normalized spacial score (nSPS) is 14.5. The van der Waals surface area contributed by atoms with E-state index in [1.54, 1.807) is 10.6 Å². The van der Waals surface area contributed by atoms with Crippen LogP contribution in [0.15, 0.2) is 26.2 Å². The maximum absolute atomic E-state index is 11.7. The number of hydrogen-bond donors (Lipinski definition) is 3. The number of hydrogen-bond acceptors (Lipinski definition) is 8. The highest BCUT2D eigenvalue weighted by Crippen LogP contribution is 2.37. The van der Waals surface area contributed by atoms with Crippen LogP contribution >= 0.6 is 23.5 Å². The van der Waals surface area contributed by atoms with Gasteiger partial charge in [0.2, 0.25) is 0 Å². The molecule has 2 heterocycles. The second-order valence-corrected chi connectivity index (χ2v) is 6.00. The summed E-state index contributed by atoms with van der Waals surface area (Å²) < 4.78 is 1.68. The summed E-state index contributed by atoms with van der Waals surface area (Å²) in [6.45, 7) is 0. The second kappa shape index (κ2) is 5.46. The Kier molecular flexibility index (Phi) is 3.68. The number of aromatic amines is 1. The lowest BCUT2D eigenvalue weighted by Crippen LogP contribution is -2.16. The molecule has 2 aromatic rings. The number of nitrogens with zero attached hydrogens (tertiary/aromatic N) is 4. The summed E-state index contributed by atoms with van der Waals surface area (Å²) in [5.74, 6) is 5.92. The van der Waals surface area contributed by atoms with Crippen molar-refractivity contribution in [2.75, 3.05) is 11.7 Å². The summed E-state index contributed by atoms with van der Waals surface area (Å²) in [4.78, 5) is 20.3. The minimum atomic E-state index is -0.175. The molecule has 106 valence electrons. The Labute approximate surface area is 122 Å². The number of aromatic nitrogens is 5. The lowest BCUT2D eigenvalue weighted by molar-refractivity contribution is 0.642. The van der Waals surface area contributed by atoms with Crippen molar-refractivity contribution in [3.63, 3.8) is 0 Å². The molecule has 0 bridgehead atoms. The van der Waals surface area contributed by atoms with Crippen LogP contribution in [0, 0.1) is 0 Å². The molecule has 0 radical (unpaired) electrons. The van der Waals surface area contributed by atoms with Gasteiger partial charge in [0.05, 0.1) is 0 Å². The third kappa shape index (κ3) is 2.67. The predicted molar refractivity (Wildman–Crippen MR) is 76.9 cm³/mol. The number of thioether (sulfide) groups is 1. The highest BCUT2D eigenvalue weighted by molar-refractivity contribution is 7.99. The molecule has 1 aliphatic rings. The molecule has 3 rings (SSSR count). The van der Waals surface area contributed by atoms with Crippen molar-refractivity contribution in [3.8, 4) is 0 Å². The summed E-state index contributed by atoms with van der Waals surface area (Å²) >= 11 is 2.75. The molecule has 0 unspecified atom stereocenters. The summed E-state index contributed by atoms with van der Waals surface area (Å²) in [6.07, 6.45) is 3.92. The fourth-order valence-electron chi connectivity index (χ4n) is 1.73. The average Bonchev–Trinajstić information content (AvgIpc) is 3.23. The Morgan fingerprint density at radius 2 is 2.30 bits per heavy atom. The zero-order chi connectivity index (χ0) is 14.1. The molecule has 1 saturated carbocycles. The smallest absolute Gasteiger partial charge is 0.308 e. The zero-order valence-corrected chi connectivity index (χ0v) is 12.3. The van der Waals surface area contributed by atoms with Crippen molar-refractivity contribution in [1.82, 2.24) is 24.7 Å². The van der Waals surface area contributed by atoms with E-state index in [1.807, 2.05) is 6.26 Å². The molecular weight excluding hydrogens is 298 g/mol. The van der Waals surface area contributed by atoms with Gasteiger partial charge in [0.1, 0.15) is 10.8 Å². The molecule has 0 atom stereocenters. The largest absolute Gasteiger partial charge is 0.344 e. The van der Waals surface area contributed by atoms with E-state index in [1.165, 1.54) is 23.5 Å². The third-order valence-electron chi connectivity index (χ3n) is 2.79. The van der Waals surface area contributed by atoms with Crippen LogP contribution in [0.4, 0.5) is 5.82 Å². The summed E-state index contributed by atoms with van der Waals surface area (Å²) in [5, 5.41) is 8.46. The van der Waals surface area contributed by atoms with Crippen molar-refractivity contribution in [1.29, 1.82) is 0 Å². The van der Waals surface area contributed by atoms with Crippen LogP contribution in [-0.4, -0.2) is 31.0 Å². The lowest BCUT2D eigenvalue weighted by Gasteiger charge is -2.06. The van der Waals surface area contributed by atoms with E-state index < -0.39 is 0 Å². The van der Waals surface area contributed by atoms with Gasteiger partial charge in [-0.3, -0.25) is 4.57 Å². The standard InChI is InChI=1S/C10H13N7OS2/c1-19-8-12-6(14-11)4-7(13-8)20-10-16-15-9(18)17(10)5-2-3-5/h4-5H,2-3,11H2,1H3,(H,15,18)(H,12,13,14). The van der Waals surface area contributed by atoms with Gasteiger partial charge in [0, 0.05) is 12.1 Å². The van der Waals surface area contributed by atoms with Crippen LogP contribution in [0.5, 0.6) is 0 Å². The number of nitrogens with two attached hydrogens (primary N) is 1. The molecule has 4 N–H and O–H groups in total. The highest BCUT2D eigenvalue weighted by Gasteiger charge is 2.29. The number of H-pyrrole nitrogens is 1. The predicted octanol–water partition coefficient (Wildman–Crippen LogP) is 0.855. The number of nitrogen functional groups attached to an aromatic ring is 1. The molecule has 8 nitrogen and oxygen atoms in total. The Morgan fingerprint density at radius 1 is 1.50 bits per heavy atom. The molecule has 2 aromatic heterocycles. The second-order valence-electron chi connectivity index (χ2n) is 4.24. The first-order valence-corrected chi connectivity index (χ1v) is 8.00. The number of nitrogens with one attached hydrogen (secondary N) is 2. The van der Waals surface area contributed by atoms with Crippen LogP contribution in [0.25, 0.3) is 0 Å². The van der Waals surface area contributed by atoms with Crippen molar-refractivity contribution >= 4 is 29.3 Å². The van der Waals surface area contributed by atoms with E-state index in [0.717, 1.165) is 12.8 Å². The minimum absolute atomic E-state index is 0.175. The van der Waals surface area contributed by atoms with Crippen molar-refractivity contribution in [3.05, 3.63) is 16.6 Å². The van der Waals surface area contributed by atoms with Gasteiger partial charge in [-0.2, -0.15) is 0 Å². The van der Waals surface area contributed by atoms with Crippen LogP contribution < -0.4 is 17.0 Å². The maximum Gasteiger partial charge on any atom is 0.344 e. The van der Waals surface area contributed by atoms with Gasteiger partial charge >= 0.3 is 5.69 Å². The Morgan fingerprint density at radius 3 is 2.95 bits per heavy atom. The number of anilines is 1. The fraction of sp³-hybridized carbons (Fsp3) is 0.400. The van der Waals surface area contributed by atoms with E-state index in [0.29, 0.717) is 21.2 Å².